The van der Waals surface area contributed by atoms with Crippen LogP contribution in [0.4, 0.5) is 11.4 Å². The Balaban J connectivity index is 1.12. The van der Waals surface area contributed by atoms with E-state index >= 15 is 0 Å². The Bertz CT molecular complexity index is 1200. The predicted molar refractivity (Wildman–Crippen MR) is 126 cm³/mol. The van der Waals surface area contributed by atoms with Gasteiger partial charge in [-0.1, -0.05) is 0 Å². The van der Waals surface area contributed by atoms with Gasteiger partial charge in [0.2, 0.25) is 13.6 Å². The van der Waals surface area contributed by atoms with Crippen LogP contribution < -0.4 is 29.6 Å². The topological polar surface area (TPSA) is 95.1 Å². The van der Waals surface area contributed by atoms with Crippen LogP contribution in [-0.2, 0) is 0 Å². The van der Waals surface area contributed by atoms with Crippen LogP contribution in [0.15, 0.2) is 85.2 Å². The lowest BCUT2D eigenvalue weighted by Crippen LogP contribution is -1.97. The normalized spacial score (nSPS) is 13.4. The Morgan fingerprint density at radius 3 is 1.44 bits per heavy atom. The zero-order valence-electron chi connectivity index (χ0n) is 17.9. The molecule has 5 rings (SSSR count). The Kier molecular flexibility index (Phi) is 5.85. The average molecular weight is 456 g/mol. The Morgan fingerprint density at radius 2 is 1.00 bits per heavy atom. The van der Waals surface area contributed by atoms with Gasteiger partial charge in [0.25, 0.3) is 0 Å². The summed E-state index contributed by atoms with van der Waals surface area (Å²) in [6.07, 6.45) is 6.07. The molecule has 0 unspecified atom stereocenters. The highest BCUT2D eigenvalue weighted by Crippen LogP contribution is 2.33. The second-order valence-electron chi connectivity index (χ2n) is 7.40. The Labute approximate surface area is 195 Å². The molecule has 2 aliphatic heterocycles. The summed E-state index contributed by atoms with van der Waals surface area (Å²) in [4.78, 5) is 24.7. The van der Waals surface area contributed by atoms with Crippen LogP contribution in [0.25, 0.3) is 0 Å². The third-order valence-corrected chi connectivity index (χ3v) is 5.17. The highest BCUT2D eigenvalue weighted by molar-refractivity contribution is 6.05. The van der Waals surface area contributed by atoms with Crippen LogP contribution in [0.1, 0.15) is 20.7 Å². The van der Waals surface area contributed by atoms with Crippen LogP contribution in [0.2, 0.25) is 0 Å². The van der Waals surface area contributed by atoms with E-state index in [1.165, 1.54) is 12.2 Å². The molecule has 2 N–H and O–H groups in total. The number of rotatable bonds is 8. The van der Waals surface area contributed by atoms with E-state index in [9.17, 15) is 9.59 Å². The van der Waals surface area contributed by atoms with E-state index in [0.29, 0.717) is 34.1 Å². The van der Waals surface area contributed by atoms with Crippen LogP contribution in [0.5, 0.6) is 23.0 Å². The number of fused-ring (bicyclic) bond motifs is 2. The molecule has 0 saturated heterocycles. The van der Waals surface area contributed by atoms with Crippen LogP contribution >= 0.6 is 0 Å². The second-order valence-corrected chi connectivity index (χ2v) is 7.40. The maximum absolute atomic E-state index is 12.3. The summed E-state index contributed by atoms with van der Waals surface area (Å²) in [6.45, 7) is 0.336. The molecule has 0 bridgehead atoms. The predicted octanol–water partition coefficient (Wildman–Crippen LogP) is 4.76. The number of hydrogen-bond donors (Lipinski definition) is 2. The minimum atomic E-state index is -0.152. The minimum absolute atomic E-state index is 0.152. The molecule has 0 spiro atoms. The van der Waals surface area contributed by atoms with E-state index in [4.69, 9.17) is 18.9 Å². The quantitative estimate of drug-likeness (QED) is 0.370. The van der Waals surface area contributed by atoms with E-state index in [-0.39, 0.29) is 25.2 Å². The van der Waals surface area contributed by atoms with E-state index in [0.717, 1.165) is 11.4 Å². The Morgan fingerprint density at radius 1 is 0.588 bits per heavy atom. The van der Waals surface area contributed by atoms with Gasteiger partial charge >= 0.3 is 0 Å². The van der Waals surface area contributed by atoms with E-state index in [1.54, 1.807) is 48.8 Å². The van der Waals surface area contributed by atoms with Gasteiger partial charge in [0.15, 0.2) is 34.6 Å². The fourth-order valence-electron chi connectivity index (χ4n) is 3.38. The standard InChI is InChI=1S/C26H20N2O6/c29-21(17-1-7-23-25(13-17)33-15-31-23)9-11-27-19-3-5-20(6-4-19)28-12-10-22(30)18-2-8-24-26(14-18)34-16-32-24/h1-14,27-28H,15-16H2. The Hall–Kier alpha value is -4.72. The van der Waals surface area contributed by atoms with Gasteiger partial charge in [0.05, 0.1) is 0 Å². The SMILES string of the molecule is O=C(C=CNc1ccc(NC=CC(=O)c2ccc3c(c2)OCO3)cc1)c1ccc2c(c1)OCO2. The number of carbonyl (C=O) groups excluding carboxylic acids is 2. The third kappa shape index (κ3) is 4.71. The summed E-state index contributed by atoms with van der Waals surface area (Å²) in [5.74, 6) is 2.12. The number of carbonyl (C=O) groups is 2. The van der Waals surface area contributed by atoms with Gasteiger partial charge in [0, 0.05) is 47.1 Å². The summed E-state index contributed by atoms with van der Waals surface area (Å²) in [7, 11) is 0. The molecule has 170 valence electrons. The molecule has 34 heavy (non-hydrogen) atoms. The molecule has 0 amide bonds. The first kappa shape index (κ1) is 21.1. The third-order valence-electron chi connectivity index (χ3n) is 5.17. The molecule has 8 heteroatoms. The molecule has 0 aliphatic carbocycles. The second kappa shape index (κ2) is 9.41. The van der Waals surface area contributed by atoms with Crippen LogP contribution in [0.3, 0.4) is 0 Å². The minimum Gasteiger partial charge on any atom is -0.454 e. The number of nitrogens with one attached hydrogen (secondary N) is 2. The molecule has 8 nitrogen and oxygen atoms in total. The highest BCUT2D eigenvalue weighted by Gasteiger charge is 2.16. The van der Waals surface area contributed by atoms with Crippen molar-refractivity contribution in [1.82, 2.24) is 0 Å². The van der Waals surface area contributed by atoms with Crippen molar-refractivity contribution in [1.29, 1.82) is 0 Å². The molecule has 0 aromatic heterocycles. The monoisotopic (exact) mass is 456 g/mol. The van der Waals surface area contributed by atoms with Crippen molar-refractivity contribution < 1.29 is 28.5 Å². The first-order chi connectivity index (χ1) is 16.7. The number of ketones is 2. The first-order valence-electron chi connectivity index (χ1n) is 10.5. The van der Waals surface area contributed by atoms with Gasteiger partial charge in [-0.15, -0.1) is 0 Å². The molecule has 0 saturated carbocycles. The molecule has 0 fully saturated rings. The maximum Gasteiger partial charge on any atom is 0.231 e. The van der Waals surface area contributed by atoms with Gasteiger partial charge < -0.3 is 29.6 Å². The lowest BCUT2D eigenvalue weighted by atomic mass is 10.1. The fraction of sp³-hybridized carbons (Fsp3) is 0.0769. The molecule has 0 radical (unpaired) electrons. The van der Waals surface area contributed by atoms with E-state index in [1.807, 2.05) is 24.3 Å². The van der Waals surface area contributed by atoms with Gasteiger partial charge in [-0.3, -0.25) is 9.59 Å². The lowest BCUT2D eigenvalue weighted by Gasteiger charge is -2.04. The van der Waals surface area contributed by atoms with E-state index in [2.05, 4.69) is 10.6 Å². The number of allylic oxidation sites excluding steroid dienone is 2. The molecule has 0 atom stereocenters. The van der Waals surface area contributed by atoms with Crippen molar-refractivity contribution >= 4 is 22.9 Å². The van der Waals surface area contributed by atoms with Crippen molar-refractivity contribution in [3.8, 4) is 23.0 Å². The first-order valence-corrected chi connectivity index (χ1v) is 10.5. The summed E-state index contributed by atoms with van der Waals surface area (Å²) in [6, 6.07) is 17.6. The van der Waals surface area contributed by atoms with Crippen molar-refractivity contribution in [2.45, 2.75) is 0 Å². The number of hydrogen-bond acceptors (Lipinski definition) is 8. The molecular formula is C26H20N2O6. The van der Waals surface area contributed by atoms with Gasteiger partial charge in [0.1, 0.15) is 0 Å². The number of anilines is 2. The summed E-state index contributed by atoms with van der Waals surface area (Å²) in [5.41, 5.74) is 2.65. The van der Waals surface area contributed by atoms with Crippen molar-refractivity contribution in [2.24, 2.45) is 0 Å². The average Bonchev–Trinajstić information content (AvgIpc) is 3.53. The lowest BCUT2D eigenvalue weighted by molar-refractivity contribution is 0.103. The maximum atomic E-state index is 12.3. The fourth-order valence-corrected chi connectivity index (χ4v) is 3.38. The van der Waals surface area contributed by atoms with Crippen LogP contribution in [0, 0.1) is 0 Å². The van der Waals surface area contributed by atoms with Crippen LogP contribution in [-0.4, -0.2) is 25.2 Å². The van der Waals surface area contributed by atoms with Gasteiger partial charge in [-0.05, 0) is 60.7 Å². The zero-order valence-corrected chi connectivity index (χ0v) is 17.9. The van der Waals surface area contributed by atoms with Crippen molar-refractivity contribution in [2.75, 3.05) is 24.2 Å². The molecule has 3 aromatic rings. The molecular weight excluding hydrogens is 436 g/mol. The summed E-state index contributed by atoms with van der Waals surface area (Å²) < 4.78 is 21.1. The summed E-state index contributed by atoms with van der Waals surface area (Å²) >= 11 is 0. The van der Waals surface area contributed by atoms with E-state index < -0.39 is 0 Å². The largest absolute Gasteiger partial charge is 0.454 e. The van der Waals surface area contributed by atoms with Crippen molar-refractivity contribution in [3.63, 3.8) is 0 Å². The van der Waals surface area contributed by atoms with Crippen molar-refractivity contribution in [3.05, 3.63) is 96.3 Å². The van der Waals surface area contributed by atoms with Gasteiger partial charge in [-0.2, -0.15) is 0 Å². The molecule has 2 aliphatic rings. The molecule has 2 heterocycles. The summed E-state index contributed by atoms with van der Waals surface area (Å²) in [5, 5.41) is 6.12. The number of ether oxygens (including phenoxy) is 4. The van der Waals surface area contributed by atoms with Gasteiger partial charge in [-0.25, -0.2) is 0 Å². The zero-order chi connectivity index (χ0) is 23.3. The smallest absolute Gasteiger partial charge is 0.231 e. The molecule has 3 aromatic carbocycles. The number of benzene rings is 3. The highest BCUT2D eigenvalue weighted by atomic mass is 16.7.